The van der Waals surface area contributed by atoms with Crippen LogP contribution in [0.1, 0.15) is 33.6 Å². The second-order valence-electron chi connectivity index (χ2n) is 4.84. The van der Waals surface area contributed by atoms with Gasteiger partial charge in [0.15, 0.2) is 0 Å². The van der Waals surface area contributed by atoms with Crippen LogP contribution in [0.15, 0.2) is 0 Å². The Labute approximate surface area is 95.0 Å². The summed E-state index contributed by atoms with van der Waals surface area (Å²) in [6, 6.07) is 0. The van der Waals surface area contributed by atoms with Crippen LogP contribution >= 0.6 is 10.3 Å². The molecular weight excluding hydrogens is 212 g/mol. The lowest BCUT2D eigenvalue weighted by atomic mass is 10.3. The largest absolute Gasteiger partial charge is 0.468 e. The van der Waals surface area contributed by atoms with Crippen LogP contribution in [0.2, 0.25) is 0 Å². The summed E-state index contributed by atoms with van der Waals surface area (Å²) in [4.78, 5) is 9.88. The van der Waals surface area contributed by atoms with Crippen molar-refractivity contribution in [1.82, 2.24) is 0 Å². The van der Waals surface area contributed by atoms with Crippen molar-refractivity contribution in [1.29, 1.82) is 0 Å². The van der Waals surface area contributed by atoms with Crippen molar-refractivity contribution in [2.45, 2.75) is 38.4 Å². The standard InChI is InChI=1S/C11H24O3S/c1-11(2,3)15(4,5)14-9-7-6-8-13-10-12/h10H,6-9H2,1-5H3. The van der Waals surface area contributed by atoms with Crippen molar-refractivity contribution in [2.24, 2.45) is 0 Å². The third kappa shape index (κ3) is 6.05. The first kappa shape index (κ1) is 14.8. The Morgan fingerprint density at radius 1 is 1.13 bits per heavy atom. The zero-order chi connectivity index (χ0) is 11.9. The van der Waals surface area contributed by atoms with Gasteiger partial charge in [0.2, 0.25) is 0 Å². The van der Waals surface area contributed by atoms with Crippen LogP contribution in [0, 0.1) is 0 Å². The molecule has 0 aliphatic rings. The molecule has 0 aliphatic carbocycles. The summed E-state index contributed by atoms with van der Waals surface area (Å²) in [5.74, 6) is 0. The molecule has 0 amide bonds. The topological polar surface area (TPSA) is 35.5 Å². The number of ether oxygens (including phenoxy) is 1. The van der Waals surface area contributed by atoms with Crippen LogP contribution in [0.3, 0.4) is 0 Å². The molecule has 0 bridgehead atoms. The van der Waals surface area contributed by atoms with E-state index in [0.717, 1.165) is 19.4 Å². The van der Waals surface area contributed by atoms with Gasteiger partial charge in [0.1, 0.15) is 0 Å². The van der Waals surface area contributed by atoms with Gasteiger partial charge in [-0.2, -0.15) is 0 Å². The van der Waals surface area contributed by atoms with Gasteiger partial charge in [-0.15, -0.1) is 10.3 Å². The van der Waals surface area contributed by atoms with Crippen molar-refractivity contribution in [3.63, 3.8) is 0 Å². The summed E-state index contributed by atoms with van der Waals surface area (Å²) < 4.78 is 10.7. The zero-order valence-electron chi connectivity index (χ0n) is 10.5. The first-order valence-electron chi connectivity index (χ1n) is 5.24. The van der Waals surface area contributed by atoms with E-state index in [2.05, 4.69) is 38.0 Å². The molecule has 15 heavy (non-hydrogen) atoms. The maximum absolute atomic E-state index is 9.88. The average molecular weight is 236 g/mol. The minimum Gasteiger partial charge on any atom is -0.468 e. The fourth-order valence-electron chi connectivity index (χ4n) is 0.780. The second kappa shape index (κ2) is 6.38. The molecule has 0 aromatic carbocycles. The van der Waals surface area contributed by atoms with Gasteiger partial charge in [0.25, 0.3) is 6.47 Å². The Morgan fingerprint density at radius 3 is 2.13 bits per heavy atom. The maximum Gasteiger partial charge on any atom is 0.293 e. The monoisotopic (exact) mass is 236 g/mol. The Morgan fingerprint density at radius 2 is 1.67 bits per heavy atom. The molecule has 4 heteroatoms. The van der Waals surface area contributed by atoms with Crippen molar-refractivity contribution >= 4 is 16.8 Å². The van der Waals surface area contributed by atoms with Gasteiger partial charge in [-0.1, -0.05) is 20.8 Å². The molecule has 0 rings (SSSR count). The van der Waals surface area contributed by atoms with E-state index in [1.165, 1.54) is 0 Å². The van der Waals surface area contributed by atoms with Crippen molar-refractivity contribution < 1.29 is 13.7 Å². The quantitative estimate of drug-likeness (QED) is 0.503. The van der Waals surface area contributed by atoms with Crippen molar-refractivity contribution in [3.8, 4) is 0 Å². The molecule has 92 valence electrons. The van der Waals surface area contributed by atoms with Crippen molar-refractivity contribution in [3.05, 3.63) is 0 Å². The molecule has 0 saturated heterocycles. The van der Waals surface area contributed by atoms with Crippen LogP contribution < -0.4 is 0 Å². The van der Waals surface area contributed by atoms with Gasteiger partial charge in [-0.05, 0) is 25.4 Å². The molecule has 0 saturated carbocycles. The smallest absolute Gasteiger partial charge is 0.293 e. The zero-order valence-corrected chi connectivity index (χ0v) is 11.4. The Hall–Kier alpha value is -0.220. The normalized spacial score (nSPS) is 13.7. The van der Waals surface area contributed by atoms with Gasteiger partial charge in [-0.25, -0.2) is 0 Å². The second-order valence-corrected chi connectivity index (χ2v) is 8.77. The summed E-state index contributed by atoms with van der Waals surface area (Å²) in [7, 11) is -1.00. The lowest BCUT2D eigenvalue weighted by Crippen LogP contribution is -2.25. The third-order valence-electron chi connectivity index (χ3n) is 2.58. The molecule has 3 nitrogen and oxygen atoms in total. The van der Waals surface area contributed by atoms with Gasteiger partial charge >= 0.3 is 0 Å². The van der Waals surface area contributed by atoms with E-state index in [1.54, 1.807) is 0 Å². The van der Waals surface area contributed by atoms with Crippen LogP contribution in [-0.2, 0) is 13.7 Å². The molecule has 0 spiro atoms. The molecular formula is C11H24O3S. The number of unbranched alkanes of at least 4 members (excludes halogenated alkanes) is 1. The van der Waals surface area contributed by atoms with E-state index in [-0.39, 0.29) is 4.75 Å². The molecule has 0 aromatic rings. The lowest BCUT2D eigenvalue weighted by molar-refractivity contribution is -0.128. The Kier molecular flexibility index (Phi) is 6.29. The molecule has 0 aliphatic heterocycles. The molecule has 0 aromatic heterocycles. The summed E-state index contributed by atoms with van der Waals surface area (Å²) in [5, 5.41) is 0. The van der Waals surface area contributed by atoms with Gasteiger partial charge in [0.05, 0.1) is 13.2 Å². The highest BCUT2D eigenvalue weighted by atomic mass is 32.3. The Balaban J connectivity index is 3.62. The van der Waals surface area contributed by atoms with E-state index in [1.807, 2.05) is 0 Å². The maximum atomic E-state index is 9.88. The molecule has 0 heterocycles. The van der Waals surface area contributed by atoms with E-state index in [9.17, 15) is 4.79 Å². The predicted octanol–water partition coefficient (Wildman–Crippen LogP) is 2.73. The summed E-state index contributed by atoms with van der Waals surface area (Å²) in [5.41, 5.74) is 0. The summed E-state index contributed by atoms with van der Waals surface area (Å²) in [6.07, 6.45) is 6.20. The number of hydrogen-bond donors (Lipinski definition) is 0. The molecule has 0 fully saturated rings. The minimum atomic E-state index is -1.00. The van der Waals surface area contributed by atoms with Gasteiger partial charge in [0, 0.05) is 4.75 Å². The first-order chi connectivity index (χ1) is 6.81. The highest BCUT2D eigenvalue weighted by Gasteiger charge is 2.28. The number of carbonyl (C=O) groups excluding carboxylic acids is 1. The highest BCUT2D eigenvalue weighted by molar-refractivity contribution is 8.29. The fourth-order valence-corrected chi connectivity index (χ4v) is 1.67. The SMILES string of the molecule is CC(C)(C)S(C)(C)OCCCCOC=O. The molecule has 0 unspecified atom stereocenters. The van der Waals surface area contributed by atoms with Crippen LogP contribution in [0.25, 0.3) is 0 Å². The minimum absolute atomic E-state index is 0.215. The van der Waals surface area contributed by atoms with E-state index >= 15 is 0 Å². The van der Waals surface area contributed by atoms with E-state index in [4.69, 9.17) is 4.18 Å². The third-order valence-corrected chi connectivity index (χ3v) is 6.28. The summed E-state index contributed by atoms with van der Waals surface area (Å²) in [6.45, 7) is 8.36. The Bertz CT molecular complexity index is 185. The molecule has 0 N–H and O–H groups in total. The summed E-state index contributed by atoms with van der Waals surface area (Å²) >= 11 is 0. The van der Waals surface area contributed by atoms with E-state index < -0.39 is 10.3 Å². The average Bonchev–Trinajstić information content (AvgIpc) is 2.09. The van der Waals surface area contributed by atoms with Gasteiger partial charge < -0.3 is 8.92 Å². The predicted molar refractivity (Wildman–Crippen MR) is 66.4 cm³/mol. The van der Waals surface area contributed by atoms with Crippen LogP contribution in [-0.4, -0.2) is 36.9 Å². The lowest BCUT2D eigenvalue weighted by Gasteiger charge is -2.43. The van der Waals surface area contributed by atoms with Crippen LogP contribution in [0.4, 0.5) is 0 Å². The van der Waals surface area contributed by atoms with E-state index in [0.29, 0.717) is 13.1 Å². The van der Waals surface area contributed by atoms with Crippen molar-refractivity contribution in [2.75, 3.05) is 25.7 Å². The van der Waals surface area contributed by atoms with Gasteiger partial charge in [-0.3, -0.25) is 4.79 Å². The number of carbonyl (C=O) groups is 1. The first-order valence-corrected chi connectivity index (χ1v) is 7.61. The molecule has 0 atom stereocenters. The number of rotatable bonds is 7. The van der Waals surface area contributed by atoms with Crippen LogP contribution in [0.5, 0.6) is 0 Å². The molecule has 0 radical (unpaired) electrons. The fraction of sp³-hybridized carbons (Fsp3) is 0.909. The highest BCUT2D eigenvalue weighted by Crippen LogP contribution is 2.53. The number of hydrogen-bond acceptors (Lipinski definition) is 3.